The lowest BCUT2D eigenvalue weighted by atomic mass is 10.2. The monoisotopic (exact) mass is 243 g/mol. The lowest BCUT2D eigenvalue weighted by Gasteiger charge is -1.96. The van der Waals surface area contributed by atoms with Gasteiger partial charge in [0.25, 0.3) is 0 Å². The first kappa shape index (κ1) is 10.5. The van der Waals surface area contributed by atoms with Gasteiger partial charge < -0.3 is 10.1 Å². The van der Waals surface area contributed by atoms with Crippen LogP contribution in [0.25, 0.3) is 16.2 Å². The molecule has 3 rings (SSSR count). The Bertz CT molecular complexity index is 666. The molecule has 0 aliphatic heterocycles. The highest BCUT2D eigenvalue weighted by Crippen LogP contribution is 2.28. The van der Waals surface area contributed by atoms with Crippen molar-refractivity contribution in [2.75, 3.05) is 0 Å². The van der Waals surface area contributed by atoms with Crippen LogP contribution in [-0.4, -0.2) is 9.38 Å². The van der Waals surface area contributed by atoms with E-state index in [1.54, 1.807) is 11.3 Å². The van der Waals surface area contributed by atoms with Gasteiger partial charge in [-0.3, -0.25) is 0 Å². The largest absolute Gasteiger partial charge is 0.326 e. The summed E-state index contributed by atoms with van der Waals surface area (Å²) in [6, 6.07) is 6.18. The van der Waals surface area contributed by atoms with Crippen LogP contribution in [0.2, 0.25) is 0 Å². The molecule has 0 spiro atoms. The number of rotatable bonds is 2. The van der Waals surface area contributed by atoms with Gasteiger partial charge in [-0.15, -0.1) is 11.3 Å². The highest BCUT2D eigenvalue weighted by atomic mass is 32.1. The second kappa shape index (κ2) is 3.98. The van der Waals surface area contributed by atoms with Gasteiger partial charge in [0.1, 0.15) is 5.65 Å². The van der Waals surface area contributed by atoms with Crippen molar-refractivity contribution in [2.24, 2.45) is 5.73 Å². The van der Waals surface area contributed by atoms with Gasteiger partial charge in [-0.2, -0.15) is 0 Å². The van der Waals surface area contributed by atoms with E-state index in [0.29, 0.717) is 6.54 Å². The Labute approximate surface area is 104 Å². The summed E-state index contributed by atoms with van der Waals surface area (Å²) in [5.74, 6) is 0. The SMILES string of the molecule is Cc1ccsc1-c1cn2ccc(CN)cc2n1. The molecule has 3 heterocycles. The summed E-state index contributed by atoms with van der Waals surface area (Å²) in [6.07, 6.45) is 4.07. The zero-order valence-electron chi connectivity index (χ0n) is 9.55. The van der Waals surface area contributed by atoms with E-state index in [9.17, 15) is 0 Å². The minimum absolute atomic E-state index is 0.552. The average molecular weight is 243 g/mol. The molecule has 3 nitrogen and oxygen atoms in total. The molecule has 0 unspecified atom stereocenters. The van der Waals surface area contributed by atoms with E-state index in [-0.39, 0.29) is 0 Å². The maximum atomic E-state index is 5.63. The molecule has 0 aromatic carbocycles. The number of pyridine rings is 1. The maximum absolute atomic E-state index is 5.63. The lowest BCUT2D eigenvalue weighted by Crippen LogP contribution is -1.96. The zero-order chi connectivity index (χ0) is 11.8. The summed E-state index contributed by atoms with van der Waals surface area (Å²) < 4.78 is 2.04. The number of nitrogens with zero attached hydrogens (tertiary/aromatic N) is 2. The maximum Gasteiger partial charge on any atom is 0.137 e. The predicted octanol–water partition coefficient (Wildman–Crippen LogP) is 2.83. The van der Waals surface area contributed by atoms with E-state index in [2.05, 4.69) is 29.6 Å². The van der Waals surface area contributed by atoms with Gasteiger partial charge in [0.2, 0.25) is 0 Å². The van der Waals surface area contributed by atoms with Gasteiger partial charge in [0.05, 0.1) is 10.6 Å². The van der Waals surface area contributed by atoms with Crippen molar-refractivity contribution < 1.29 is 0 Å². The first-order chi connectivity index (χ1) is 8.28. The molecule has 17 heavy (non-hydrogen) atoms. The molecule has 0 aliphatic rings. The summed E-state index contributed by atoms with van der Waals surface area (Å²) in [5.41, 5.74) is 10.0. The summed E-state index contributed by atoms with van der Waals surface area (Å²) in [4.78, 5) is 5.88. The van der Waals surface area contributed by atoms with Gasteiger partial charge in [-0.1, -0.05) is 0 Å². The fraction of sp³-hybridized carbons (Fsp3) is 0.154. The summed E-state index contributed by atoms with van der Waals surface area (Å²) in [7, 11) is 0. The lowest BCUT2D eigenvalue weighted by molar-refractivity contribution is 1.05. The molecule has 0 atom stereocenters. The molecular formula is C13H13N3S. The van der Waals surface area contributed by atoms with E-state index in [4.69, 9.17) is 5.73 Å². The summed E-state index contributed by atoms with van der Waals surface area (Å²) in [6.45, 7) is 2.66. The van der Waals surface area contributed by atoms with Crippen LogP contribution < -0.4 is 5.73 Å². The molecule has 0 radical (unpaired) electrons. The Morgan fingerprint density at radius 3 is 3.00 bits per heavy atom. The van der Waals surface area contributed by atoms with E-state index in [0.717, 1.165) is 16.9 Å². The molecule has 3 aromatic heterocycles. The minimum Gasteiger partial charge on any atom is -0.326 e. The standard InChI is InChI=1S/C13H13N3S/c1-9-3-5-17-13(9)11-8-16-4-2-10(7-14)6-12(16)15-11/h2-6,8H,7,14H2,1H3. The second-order valence-corrected chi connectivity index (χ2v) is 4.98. The molecular weight excluding hydrogens is 230 g/mol. The third-order valence-corrected chi connectivity index (χ3v) is 3.89. The highest BCUT2D eigenvalue weighted by Gasteiger charge is 2.08. The first-order valence-electron chi connectivity index (χ1n) is 5.50. The molecule has 0 amide bonds. The van der Waals surface area contributed by atoms with Gasteiger partial charge >= 0.3 is 0 Å². The molecule has 86 valence electrons. The van der Waals surface area contributed by atoms with Crippen molar-refractivity contribution >= 4 is 17.0 Å². The van der Waals surface area contributed by atoms with Gasteiger partial charge in [0.15, 0.2) is 0 Å². The van der Waals surface area contributed by atoms with Crippen molar-refractivity contribution in [3.05, 3.63) is 47.1 Å². The van der Waals surface area contributed by atoms with E-state index in [1.807, 2.05) is 22.7 Å². The van der Waals surface area contributed by atoms with Crippen LogP contribution in [0.4, 0.5) is 0 Å². The van der Waals surface area contributed by atoms with Crippen molar-refractivity contribution in [3.8, 4) is 10.6 Å². The molecule has 0 fully saturated rings. The van der Waals surface area contributed by atoms with Crippen LogP contribution in [0.3, 0.4) is 0 Å². The zero-order valence-corrected chi connectivity index (χ0v) is 10.4. The quantitative estimate of drug-likeness (QED) is 0.752. The third kappa shape index (κ3) is 1.75. The number of fused-ring (bicyclic) bond motifs is 1. The number of nitrogens with two attached hydrogens (primary N) is 1. The van der Waals surface area contributed by atoms with Gasteiger partial charge in [0, 0.05) is 18.9 Å². The van der Waals surface area contributed by atoms with E-state index in [1.165, 1.54) is 10.4 Å². The van der Waals surface area contributed by atoms with Crippen LogP contribution in [-0.2, 0) is 6.54 Å². The van der Waals surface area contributed by atoms with Crippen molar-refractivity contribution in [1.82, 2.24) is 9.38 Å². The van der Waals surface area contributed by atoms with Crippen LogP contribution in [0.5, 0.6) is 0 Å². The Morgan fingerprint density at radius 2 is 2.29 bits per heavy atom. The van der Waals surface area contributed by atoms with Gasteiger partial charge in [-0.25, -0.2) is 4.98 Å². The van der Waals surface area contributed by atoms with Crippen LogP contribution in [0, 0.1) is 6.92 Å². The first-order valence-corrected chi connectivity index (χ1v) is 6.38. The molecule has 0 saturated heterocycles. The fourth-order valence-electron chi connectivity index (χ4n) is 1.90. The Kier molecular flexibility index (Phi) is 2.46. The average Bonchev–Trinajstić information content (AvgIpc) is 2.93. The summed E-state index contributed by atoms with van der Waals surface area (Å²) >= 11 is 1.73. The summed E-state index contributed by atoms with van der Waals surface area (Å²) in [5, 5.41) is 2.10. The van der Waals surface area contributed by atoms with Crippen LogP contribution in [0.15, 0.2) is 36.0 Å². The number of aromatic nitrogens is 2. The minimum atomic E-state index is 0.552. The number of aryl methyl sites for hydroxylation is 1. The number of imidazole rings is 1. The van der Waals surface area contributed by atoms with Crippen molar-refractivity contribution in [1.29, 1.82) is 0 Å². The van der Waals surface area contributed by atoms with Crippen LogP contribution in [0.1, 0.15) is 11.1 Å². The highest BCUT2D eigenvalue weighted by molar-refractivity contribution is 7.13. The Morgan fingerprint density at radius 1 is 1.41 bits per heavy atom. The normalized spacial score (nSPS) is 11.2. The smallest absolute Gasteiger partial charge is 0.137 e. The molecule has 0 saturated carbocycles. The molecule has 2 N–H and O–H groups in total. The Hall–Kier alpha value is -1.65. The second-order valence-electron chi connectivity index (χ2n) is 4.06. The van der Waals surface area contributed by atoms with Gasteiger partial charge in [-0.05, 0) is 41.6 Å². The fourth-order valence-corrected chi connectivity index (χ4v) is 2.78. The number of hydrogen-bond donors (Lipinski definition) is 1. The molecule has 0 bridgehead atoms. The number of thiophene rings is 1. The molecule has 3 aromatic rings. The molecule has 4 heteroatoms. The predicted molar refractivity (Wildman–Crippen MR) is 71.1 cm³/mol. The van der Waals surface area contributed by atoms with Crippen LogP contribution >= 0.6 is 11.3 Å². The topological polar surface area (TPSA) is 43.3 Å². The molecule has 0 aliphatic carbocycles. The third-order valence-electron chi connectivity index (χ3n) is 2.86. The van der Waals surface area contributed by atoms with Crippen molar-refractivity contribution in [3.63, 3.8) is 0 Å². The number of hydrogen-bond acceptors (Lipinski definition) is 3. The van der Waals surface area contributed by atoms with E-state index >= 15 is 0 Å². The van der Waals surface area contributed by atoms with E-state index < -0.39 is 0 Å². The Balaban J connectivity index is 2.17. The van der Waals surface area contributed by atoms with Crippen molar-refractivity contribution in [2.45, 2.75) is 13.5 Å².